The van der Waals surface area contributed by atoms with Crippen LogP contribution < -0.4 is 0 Å². The molecule has 2 rings (SSSR count). The number of nitrogens with zero attached hydrogens (tertiary/aromatic N) is 1. The Balaban J connectivity index is 2.70. The third-order valence-electron chi connectivity index (χ3n) is 1.83. The van der Waals surface area contributed by atoms with Gasteiger partial charge in [0.05, 0.1) is 11.1 Å². The SMILES string of the molecule is N#Cc1cccc2c1C(=O)OC2. The predicted molar refractivity (Wildman–Crippen MR) is 40.3 cm³/mol. The van der Waals surface area contributed by atoms with Gasteiger partial charge < -0.3 is 4.74 Å². The first kappa shape index (κ1) is 6.86. The molecule has 0 unspecified atom stereocenters. The smallest absolute Gasteiger partial charge is 0.340 e. The van der Waals surface area contributed by atoms with Crippen LogP contribution in [0.15, 0.2) is 18.2 Å². The molecule has 0 saturated heterocycles. The number of nitriles is 1. The van der Waals surface area contributed by atoms with Gasteiger partial charge in [0, 0.05) is 5.56 Å². The molecular weight excluding hydrogens is 154 g/mol. The average Bonchev–Trinajstić information content (AvgIpc) is 2.48. The highest BCUT2D eigenvalue weighted by Gasteiger charge is 2.23. The van der Waals surface area contributed by atoms with Crippen molar-refractivity contribution < 1.29 is 9.53 Å². The Bertz CT molecular complexity index is 390. The lowest BCUT2D eigenvalue weighted by Gasteiger charge is -1.93. The second kappa shape index (κ2) is 2.35. The molecular formula is C9H5NO2. The van der Waals surface area contributed by atoms with E-state index in [-0.39, 0.29) is 5.97 Å². The van der Waals surface area contributed by atoms with Crippen molar-refractivity contribution in [3.05, 3.63) is 34.9 Å². The Morgan fingerprint density at radius 2 is 2.33 bits per heavy atom. The lowest BCUT2D eigenvalue weighted by atomic mass is 10.0. The summed E-state index contributed by atoms with van der Waals surface area (Å²) in [4.78, 5) is 11.1. The van der Waals surface area contributed by atoms with Crippen LogP contribution in [0.5, 0.6) is 0 Å². The van der Waals surface area contributed by atoms with Crippen LogP contribution in [0.3, 0.4) is 0 Å². The Kier molecular flexibility index (Phi) is 1.34. The number of fused-ring (bicyclic) bond motifs is 1. The Morgan fingerprint density at radius 3 is 3.08 bits per heavy atom. The van der Waals surface area contributed by atoms with Gasteiger partial charge in [-0.1, -0.05) is 12.1 Å². The molecule has 0 radical (unpaired) electrons. The van der Waals surface area contributed by atoms with Crippen molar-refractivity contribution in [3.8, 4) is 6.07 Å². The first-order valence-corrected chi connectivity index (χ1v) is 3.52. The maximum Gasteiger partial charge on any atom is 0.340 e. The van der Waals surface area contributed by atoms with Crippen LogP contribution >= 0.6 is 0 Å². The average molecular weight is 159 g/mol. The fraction of sp³-hybridized carbons (Fsp3) is 0.111. The monoisotopic (exact) mass is 159 g/mol. The molecule has 3 heteroatoms. The summed E-state index contributed by atoms with van der Waals surface area (Å²) in [5.41, 5.74) is 1.63. The predicted octanol–water partition coefficient (Wildman–Crippen LogP) is 1.23. The third-order valence-corrected chi connectivity index (χ3v) is 1.83. The highest BCUT2D eigenvalue weighted by Crippen LogP contribution is 2.22. The van der Waals surface area contributed by atoms with E-state index in [4.69, 9.17) is 10.00 Å². The van der Waals surface area contributed by atoms with Gasteiger partial charge in [-0.05, 0) is 6.07 Å². The summed E-state index contributed by atoms with van der Waals surface area (Å²) in [6.45, 7) is 0.295. The molecule has 0 spiro atoms. The highest BCUT2D eigenvalue weighted by molar-refractivity contribution is 5.95. The number of esters is 1. The fourth-order valence-electron chi connectivity index (χ4n) is 1.27. The number of cyclic esters (lactones) is 1. The van der Waals surface area contributed by atoms with Gasteiger partial charge in [0.15, 0.2) is 0 Å². The minimum absolute atomic E-state index is 0.295. The Labute approximate surface area is 69.2 Å². The summed E-state index contributed by atoms with van der Waals surface area (Å²) in [6.07, 6.45) is 0. The third kappa shape index (κ3) is 0.785. The van der Waals surface area contributed by atoms with E-state index in [9.17, 15) is 4.79 Å². The van der Waals surface area contributed by atoms with Crippen molar-refractivity contribution >= 4 is 5.97 Å². The summed E-state index contributed by atoms with van der Waals surface area (Å²) in [7, 11) is 0. The summed E-state index contributed by atoms with van der Waals surface area (Å²) in [6, 6.07) is 7.12. The summed E-state index contributed by atoms with van der Waals surface area (Å²) >= 11 is 0. The van der Waals surface area contributed by atoms with Crippen LogP contribution in [0.25, 0.3) is 0 Å². The molecule has 58 valence electrons. The number of carbonyl (C=O) groups is 1. The number of hydrogen-bond donors (Lipinski definition) is 0. The van der Waals surface area contributed by atoms with Gasteiger partial charge in [0.2, 0.25) is 0 Å². The summed E-state index contributed by atoms with van der Waals surface area (Å²) in [5.74, 6) is -0.387. The molecule has 3 nitrogen and oxygen atoms in total. The second-order valence-corrected chi connectivity index (χ2v) is 2.53. The molecule has 1 heterocycles. The zero-order valence-corrected chi connectivity index (χ0v) is 6.20. The normalized spacial score (nSPS) is 13.4. The van der Waals surface area contributed by atoms with Gasteiger partial charge in [0.25, 0.3) is 0 Å². The molecule has 1 aliphatic rings. The molecule has 0 amide bonds. The van der Waals surface area contributed by atoms with Crippen LogP contribution in [-0.4, -0.2) is 5.97 Å². The molecule has 12 heavy (non-hydrogen) atoms. The number of ether oxygens (including phenoxy) is 1. The summed E-state index contributed by atoms with van der Waals surface area (Å²) < 4.78 is 4.78. The van der Waals surface area contributed by atoms with Gasteiger partial charge in [-0.2, -0.15) is 5.26 Å². The van der Waals surface area contributed by atoms with Crippen LogP contribution in [0, 0.1) is 11.3 Å². The van der Waals surface area contributed by atoms with E-state index in [1.807, 2.05) is 6.07 Å². The molecule has 0 aliphatic carbocycles. The van der Waals surface area contributed by atoms with Gasteiger partial charge in [-0.3, -0.25) is 0 Å². The van der Waals surface area contributed by atoms with E-state index in [0.717, 1.165) is 5.56 Å². The molecule has 0 fully saturated rings. The van der Waals surface area contributed by atoms with Crippen molar-refractivity contribution in [2.45, 2.75) is 6.61 Å². The quantitative estimate of drug-likeness (QED) is 0.535. The van der Waals surface area contributed by atoms with Gasteiger partial charge >= 0.3 is 5.97 Å². The molecule has 0 bridgehead atoms. The largest absolute Gasteiger partial charge is 0.457 e. The van der Waals surface area contributed by atoms with E-state index in [0.29, 0.717) is 17.7 Å². The van der Waals surface area contributed by atoms with E-state index < -0.39 is 0 Å². The van der Waals surface area contributed by atoms with Crippen molar-refractivity contribution in [2.75, 3.05) is 0 Å². The molecule has 0 aromatic heterocycles. The second-order valence-electron chi connectivity index (χ2n) is 2.53. The first-order valence-electron chi connectivity index (χ1n) is 3.52. The van der Waals surface area contributed by atoms with E-state index >= 15 is 0 Å². The molecule has 0 N–H and O–H groups in total. The number of hydrogen-bond acceptors (Lipinski definition) is 3. The van der Waals surface area contributed by atoms with Crippen LogP contribution in [0.2, 0.25) is 0 Å². The molecule has 1 aliphatic heterocycles. The van der Waals surface area contributed by atoms with Crippen LogP contribution in [0.4, 0.5) is 0 Å². The number of benzene rings is 1. The van der Waals surface area contributed by atoms with Gasteiger partial charge in [-0.25, -0.2) is 4.79 Å². The Morgan fingerprint density at radius 1 is 1.50 bits per heavy atom. The first-order chi connectivity index (χ1) is 5.83. The molecule has 1 aromatic rings. The van der Waals surface area contributed by atoms with Crippen molar-refractivity contribution in [2.24, 2.45) is 0 Å². The summed E-state index contributed by atoms with van der Waals surface area (Å²) in [5, 5.41) is 8.66. The molecule has 0 atom stereocenters. The lowest BCUT2D eigenvalue weighted by molar-refractivity contribution is 0.0535. The fourth-order valence-corrected chi connectivity index (χ4v) is 1.27. The van der Waals surface area contributed by atoms with Crippen LogP contribution in [0.1, 0.15) is 21.5 Å². The lowest BCUT2D eigenvalue weighted by Crippen LogP contribution is -1.96. The number of rotatable bonds is 0. The van der Waals surface area contributed by atoms with Crippen molar-refractivity contribution in [3.63, 3.8) is 0 Å². The number of carbonyl (C=O) groups excluding carboxylic acids is 1. The molecule has 1 aromatic carbocycles. The zero-order chi connectivity index (χ0) is 8.55. The van der Waals surface area contributed by atoms with Crippen molar-refractivity contribution in [1.82, 2.24) is 0 Å². The Hall–Kier alpha value is -1.82. The zero-order valence-electron chi connectivity index (χ0n) is 6.20. The standard InChI is InChI=1S/C9H5NO2/c10-4-6-2-1-3-7-5-12-9(11)8(6)7/h1-3H,5H2. The van der Waals surface area contributed by atoms with E-state index in [2.05, 4.69) is 0 Å². The maximum atomic E-state index is 11.1. The minimum Gasteiger partial charge on any atom is -0.457 e. The van der Waals surface area contributed by atoms with Crippen LogP contribution in [-0.2, 0) is 11.3 Å². The van der Waals surface area contributed by atoms with Crippen molar-refractivity contribution in [1.29, 1.82) is 5.26 Å². The van der Waals surface area contributed by atoms with E-state index in [1.165, 1.54) is 0 Å². The maximum absolute atomic E-state index is 11.1. The minimum atomic E-state index is -0.387. The van der Waals surface area contributed by atoms with E-state index in [1.54, 1.807) is 18.2 Å². The molecule has 0 saturated carbocycles. The van der Waals surface area contributed by atoms with Gasteiger partial charge in [0.1, 0.15) is 12.7 Å². The highest BCUT2D eigenvalue weighted by atomic mass is 16.5. The topological polar surface area (TPSA) is 50.1 Å². The van der Waals surface area contributed by atoms with Gasteiger partial charge in [-0.15, -0.1) is 0 Å².